The van der Waals surface area contributed by atoms with Crippen LogP contribution in [0.25, 0.3) is 10.8 Å². The van der Waals surface area contributed by atoms with Crippen LogP contribution >= 0.6 is 0 Å². The van der Waals surface area contributed by atoms with Crippen LogP contribution in [0.1, 0.15) is 32.6 Å². The molecule has 0 bridgehead atoms. The van der Waals surface area contributed by atoms with Crippen molar-refractivity contribution < 1.29 is 10.2 Å². The molecule has 1 fully saturated rings. The van der Waals surface area contributed by atoms with Crippen molar-refractivity contribution in [3.05, 3.63) is 30.5 Å². The van der Waals surface area contributed by atoms with E-state index in [1.807, 2.05) is 12.1 Å². The van der Waals surface area contributed by atoms with Crippen LogP contribution < -0.4 is 5.32 Å². The Bertz CT molecular complexity index is 644. The zero-order valence-corrected chi connectivity index (χ0v) is 12.3. The van der Waals surface area contributed by atoms with E-state index in [9.17, 15) is 10.2 Å². The Morgan fingerprint density at radius 2 is 2.24 bits per heavy atom. The van der Waals surface area contributed by atoms with Crippen molar-refractivity contribution in [1.29, 1.82) is 0 Å². The maximum absolute atomic E-state index is 10.7. The number of phenolic OH excluding ortho intramolecular Hbond substituents is 1. The number of pyridine rings is 1. The highest BCUT2D eigenvalue weighted by Crippen LogP contribution is 2.33. The Kier molecular flexibility index (Phi) is 3.72. The number of aromatic nitrogens is 1. The average molecular weight is 286 g/mol. The molecule has 3 rings (SSSR count). The minimum atomic E-state index is -0.654. The number of aromatic hydroxyl groups is 1. The molecular formula is C17H22N2O2. The highest BCUT2D eigenvalue weighted by molar-refractivity contribution is 5.92. The maximum atomic E-state index is 10.7. The maximum Gasteiger partial charge on any atom is 0.134 e. The molecule has 1 aliphatic carbocycles. The molecule has 4 nitrogen and oxygen atoms in total. The number of hydrogen-bond acceptors (Lipinski definition) is 4. The van der Waals surface area contributed by atoms with Crippen LogP contribution in [0.15, 0.2) is 30.5 Å². The lowest BCUT2D eigenvalue weighted by atomic mass is 9.79. The second-order valence-electron chi connectivity index (χ2n) is 6.34. The number of phenols is 1. The first-order chi connectivity index (χ1) is 10.1. The molecule has 0 spiro atoms. The molecular weight excluding hydrogens is 264 g/mol. The molecule has 1 aromatic carbocycles. The summed E-state index contributed by atoms with van der Waals surface area (Å²) < 4.78 is 0. The fourth-order valence-corrected chi connectivity index (χ4v) is 3.34. The fraction of sp³-hybridized carbons (Fsp3) is 0.471. The van der Waals surface area contributed by atoms with Gasteiger partial charge in [-0.3, -0.25) is 0 Å². The smallest absolute Gasteiger partial charge is 0.134 e. The molecule has 1 aromatic heterocycles. The van der Waals surface area contributed by atoms with E-state index in [-0.39, 0.29) is 5.75 Å². The molecule has 4 heteroatoms. The number of anilines is 1. The van der Waals surface area contributed by atoms with Crippen LogP contribution in [0.5, 0.6) is 5.75 Å². The van der Waals surface area contributed by atoms with E-state index in [0.29, 0.717) is 12.5 Å². The Balaban J connectivity index is 1.80. The molecule has 0 radical (unpaired) electrons. The van der Waals surface area contributed by atoms with Gasteiger partial charge >= 0.3 is 0 Å². The minimum Gasteiger partial charge on any atom is -0.508 e. The van der Waals surface area contributed by atoms with Crippen molar-refractivity contribution in [3.8, 4) is 5.75 Å². The summed E-state index contributed by atoms with van der Waals surface area (Å²) in [5, 5.41) is 25.5. The lowest BCUT2D eigenvalue weighted by Crippen LogP contribution is -2.41. The van der Waals surface area contributed by atoms with Gasteiger partial charge in [0.15, 0.2) is 0 Å². The Morgan fingerprint density at radius 1 is 1.38 bits per heavy atom. The van der Waals surface area contributed by atoms with Gasteiger partial charge in [-0.05, 0) is 42.3 Å². The van der Waals surface area contributed by atoms with Crippen LogP contribution in [0, 0.1) is 5.92 Å². The normalized spacial score (nSPS) is 25.9. The van der Waals surface area contributed by atoms with Gasteiger partial charge in [-0.15, -0.1) is 0 Å². The molecule has 2 atom stereocenters. The molecule has 2 unspecified atom stereocenters. The van der Waals surface area contributed by atoms with Gasteiger partial charge in [0, 0.05) is 18.1 Å². The van der Waals surface area contributed by atoms with Crippen LogP contribution in [0.4, 0.5) is 5.82 Å². The van der Waals surface area contributed by atoms with Gasteiger partial charge in [0.1, 0.15) is 11.6 Å². The van der Waals surface area contributed by atoms with Gasteiger partial charge in [0.25, 0.3) is 0 Å². The number of aliphatic hydroxyl groups is 1. The van der Waals surface area contributed by atoms with E-state index < -0.39 is 5.60 Å². The number of hydrogen-bond donors (Lipinski definition) is 3. The third kappa shape index (κ3) is 3.10. The molecule has 0 aliphatic heterocycles. The van der Waals surface area contributed by atoms with Gasteiger partial charge in [0.2, 0.25) is 0 Å². The quantitative estimate of drug-likeness (QED) is 0.810. The van der Waals surface area contributed by atoms with E-state index in [2.05, 4.69) is 17.2 Å². The standard InChI is InChI=1S/C17H22N2O2/c1-12-3-2-7-17(21,10-12)11-19-16-15-9-14(20)5-4-13(15)6-8-18-16/h4-6,8-9,12,20-21H,2-3,7,10-11H2,1H3,(H,18,19). The lowest BCUT2D eigenvalue weighted by molar-refractivity contribution is -0.000800. The van der Waals surface area contributed by atoms with E-state index >= 15 is 0 Å². The molecule has 112 valence electrons. The third-order valence-electron chi connectivity index (χ3n) is 4.40. The Morgan fingerprint density at radius 3 is 3.05 bits per heavy atom. The number of fused-ring (bicyclic) bond motifs is 1. The van der Waals surface area contributed by atoms with E-state index in [1.165, 1.54) is 6.42 Å². The molecule has 21 heavy (non-hydrogen) atoms. The number of nitrogens with one attached hydrogen (secondary N) is 1. The van der Waals surface area contributed by atoms with Crippen LogP contribution in [0.2, 0.25) is 0 Å². The van der Waals surface area contributed by atoms with Crippen molar-refractivity contribution >= 4 is 16.6 Å². The summed E-state index contributed by atoms with van der Waals surface area (Å²) >= 11 is 0. The number of nitrogens with zero attached hydrogens (tertiary/aromatic N) is 1. The van der Waals surface area contributed by atoms with Crippen LogP contribution in [-0.2, 0) is 0 Å². The van der Waals surface area contributed by atoms with Crippen molar-refractivity contribution in [2.45, 2.75) is 38.2 Å². The number of rotatable bonds is 3. The predicted molar refractivity (Wildman–Crippen MR) is 84.5 cm³/mol. The first kappa shape index (κ1) is 14.1. The summed E-state index contributed by atoms with van der Waals surface area (Å²) in [6, 6.07) is 7.16. The summed E-state index contributed by atoms with van der Waals surface area (Å²) in [5.41, 5.74) is -0.654. The molecule has 3 N–H and O–H groups in total. The van der Waals surface area contributed by atoms with Crippen LogP contribution in [-0.4, -0.2) is 27.3 Å². The second kappa shape index (κ2) is 5.53. The van der Waals surface area contributed by atoms with Gasteiger partial charge < -0.3 is 15.5 Å². The topological polar surface area (TPSA) is 65.4 Å². The number of benzene rings is 1. The summed E-state index contributed by atoms with van der Waals surface area (Å²) in [6.45, 7) is 2.69. The van der Waals surface area contributed by atoms with Crippen LogP contribution in [0.3, 0.4) is 0 Å². The Hall–Kier alpha value is -1.81. The summed E-state index contributed by atoms with van der Waals surface area (Å²) in [4.78, 5) is 4.35. The van der Waals surface area contributed by atoms with Crippen molar-refractivity contribution in [3.63, 3.8) is 0 Å². The van der Waals surface area contributed by atoms with E-state index in [4.69, 9.17) is 0 Å². The SMILES string of the molecule is CC1CCCC(O)(CNc2nccc3ccc(O)cc23)C1. The first-order valence-electron chi connectivity index (χ1n) is 7.60. The zero-order chi connectivity index (χ0) is 14.9. The summed E-state index contributed by atoms with van der Waals surface area (Å²) in [6.07, 6.45) is 5.68. The van der Waals surface area contributed by atoms with E-state index in [1.54, 1.807) is 18.3 Å². The van der Waals surface area contributed by atoms with E-state index in [0.717, 1.165) is 35.9 Å². The molecule has 0 saturated heterocycles. The largest absolute Gasteiger partial charge is 0.508 e. The molecule has 1 saturated carbocycles. The van der Waals surface area contributed by atoms with Crippen molar-refractivity contribution in [1.82, 2.24) is 4.98 Å². The average Bonchev–Trinajstić information content (AvgIpc) is 2.45. The van der Waals surface area contributed by atoms with Crippen molar-refractivity contribution in [2.75, 3.05) is 11.9 Å². The Labute approximate surface area is 124 Å². The first-order valence-corrected chi connectivity index (χ1v) is 7.60. The summed E-state index contributed by atoms with van der Waals surface area (Å²) in [7, 11) is 0. The minimum absolute atomic E-state index is 0.226. The monoisotopic (exact) mass is 286 g/mol. The molecule has 1 aliphatic rings. The van der Waals surface area contributed by atoms with Gasteiger partial charge in [-0.25, -0.2) is 4.98 Å². The molecule has 1 heterocycles. The molecule has 0 amide bonds. The summed E-state index contributed by atoms with van der Waals surface area (Å²) in [5.74, 6) is 1.51. The second-order valence-corrected chi connectivity index (χ2v) is 6.34. The van der Waals surface area contributed by atoms with Crippen molar-refractivity contribution in [2.24, 2.45) is 5.92 Å². The molecule has 2 aromatic rings. The fourth-order valence-electron chi connectivity index (χ4n) is 3.34. The lowest BCUT2D eigenvalue weighted by Gasteiger charge is -2.35. The third-order valence-corrected chi connectivity index (χ3v) is 4.40. The predicted octanol–water partition coefficient (Wildman–Crippen LogP) is 3.29. The highest BCUT2D eigenvalue weighted by atomic mass is 16.3. The van der Waals surface area contributed by atoms with Gasteiger partial charge in [-0.2, -0.15) is 0 Å². The highest BCUT2D eigenvalue weighted by Gasteiger charge is 2.32. The zero-order valence-electron chi connectivity index (χ0n) is 12.3. The van der Waals surface area contributed by atoms with Gasteiger partial charge in [0.05, 0.1) is 5.60 Å². The van der Waals surface area contributed by atoms with Gasteiger partial charge in [-0.1, -0.05) is 25.8 Å².